The molecule has 2 fully saturated rings. The number of rotatable bonds is 6. The number of halogens is 5. The number of alkyl halides is 3. The van der Waals surface area contributed by atoms with Gasteiger partial charge in [0.15, 0.2) is 17.2 Å². The predicted molar refractivity (Wildman–Crippen MR) is 117 cm³/mol. The fourth-order valence-corrected chi connectivity index (χ4v) is 4.46. The number of nitrogens with one attached hydrogen (secondary N) is 1. The highest BCUT2D eigenvalue weighted by atomic mass is 19.4. The molecule has 2 heterocycles. The zero-order valence-electron chi connectivity index (χ0n) is 19.4. The highest BCUT2D eigenvalue weighted by molar-refractivity contribution is 5.97. The summed E-state index contributed by atoms with van der Waals surface area (Å²) in [4.78, 5) is 28.4. The monoisotopic (exact) mass is 513 g/mol. The Morgan fingerprint density at radius 2 is 1.92 bits per heavy atom. The van der Waals surface area contributed by atoms with Crippen LogP contribution < -0.4 is 15.8 Å². The summed E-state index contributed by atoms with van der Waals surface area (Å²) in [6, 6.07) is 4.37. The van der Waals surface area contributed by atoms with Gasteiger partial charge < -0.3 is 20.5 Å². The molecule has 1 saturated carbocycles. The normalized spacial score (nSPS) is 26.4. The molecular formula is C24H24F5N3O4. The molecule has 0 radical (unpaired) electrons. The van der Waals surface area contributed by atoms with E-state index >= 15 is 0 Å². The number of benzene rings is 1. The minimum Gasteiger partial charge on any atom is -0.487 e. The molecule has 1 aliphatic carbocycles. The van der Waals surface area contributed by atoms with Crippen LogP contribution in [0.2, 0.25) is 0 Å². The van der Waals surface area contributed by atoms with Gasteiger partial charge in [0.2, 0.25) is 5.82 Å². The van der Waals surface area contributed by atoms with Gasteiger partial charge in [0.05, 0.1) is 6.10 Å². The molecule has 4 rings (SSSR count). The van der Waals surface area contributed by atoms with Gasteiger partial charge in [0, 0.05) is 29.3 Å². The lowest BCUT2D eigenvalue weighted by Gasteiger charge is -2.32. The minimum absolute atomic E-state index is 0.0376. The summed E-state index contributed by atoms with van der Waals surface area (Å²) in [5.41, 5.74) is 2.16. The maximum absolute atomic E-state index is 14.9. The van der Waals surface area contributed by atoms with E-state index in [4.69, 9.17) is 15.2 Å². The molecule has 12 heteroatoms. The van der Waals surface area contributed by atoms with E-state index in [-0.39, 0.29) is 16.9 Å². The maximum atomic E-state index is 14.9. The number of hydrogen-bond acceptors (Lipinski definition) is 5. The van der Waals surface area contributed by atoms with Crippen molar-refractivity contribution in [1.82, 2.24) is 4.98 Å². The zero-order chi connectivity index (χ0) is 26.4. The first kappa shape index (κ1) is 25.8. The summed E-state index contributed by atoms with van der Waals surface area (Å²) in [6.45, 7) is 2.04. The van der Waals surface area contributed by atoms with Crippen LogP contribution in [0.15, 0.2) is 30.5 Å². The largest absolute Gasteiger partial charge is 0.487 e. The quantitative estimate of drug-likeness (QED) is 0.555. The third-order valence-electron chi connectivity index (χ3n) is 6.98. The fraction of sp³-hybridized carbons (Fsp3) is 0.458. The summed E-state index contributed by atoms with van der Waals surface area (Å²) in [6.07, 6.45) is -3.89. The van der Waals surface area contributed by atoms with Gasteiger partial charge in [-0.25, -0.2) is 4.39 Å². The standard InChI is InChI=1S/C24H24F5N3O4/c1-11-17(14-6-7-15(25)18(26)19(14)35-13-4-3-5-13)20(36-23(11,2)24(27,28)29)22(34)32-12-8-9-31-16(10-12)21(30)33/h6-11,13,17,20H,3-5H2,1-2H3,(H2,30,33)(H,31,32,34)/t11-,17-,20+,23-/m0/s1. The second-order valence-electron chi connectivity index (χ2n) is 9.19. The van der Waals surface area contributed by atoms with Crippen LogP contribution >= 0.6 is 0 Å². The molecule has 1 saturated heterocycles. The zero-order valence-corrected chi connectivity index (χ0v) is 19.4. The molecule has 0 bridgehead atoms. The van der Waals surface area contributed by atoms with Crippen molar-refractivity contribution in [2.24, 2.45) is 11.7 Å². The van der Waals surface area contributed by atoms with Gasteiger partial charge in [-0.2, -0.15) is 17.6 Å². The van der Waals surface area contributed by atoms with E-state index in [1.807, 2.05) is 0 Å². The summed E-state index contributed by atoms with van der Waals surface area (Å²) in [7, 11) is 0. The Bertz CT molecular complexity index is 1190. The number of carbonyl (C=O) groups excluding carboxylic acids is 2. The van der Waals surface area contributed by atoms with Crippen molar-refractivity contribution >= 4 is 17.5 Å². The molecule has 0 unspecified atom stereocenters. The second kappa shape index (κ2) is 9.30. The van der Waals surface area contributed by atoms with Crippen molar-refractivity contribution in [3.05, 3.63) is 53.4 Å². The molecule has 1 aliphatic heterocycles. The molecule has 1 aromatic heterocycles. The molecule has 2 amide bonds. The van der Waals surface area contributed by atoms with Gasteiger partial charge >= 0.3 is 6.18 Å². The SMILES string of the molecule is C[C@H]1[C@@H](c2ccc(F)c(F)c2OC2CCC2)[C@H](C(=O)Nc2ccnc(C(N)=O)c2)O[C@]1(C)C(F)(F)F. The molecule has 194 valence electrons. The van der Waals surface area contributed by atoms with Gasteiger partial charge in [-0.05, 0) is 44.4 Å². The van der Waals surface area contributed by atoms with Crippen LogP contribution in [0, 0.1) is 17.6 Å². The summed E-state index contributed by atoms with van der Waals surface area (Å²) < 4.78 is 82.4. The van der Waals surface area contributed by atoms with E-state index in [0.717, 1.165) is 31.5 Å². The molecule has 1 aromatic carbocycles. The lowest BCUT2D eigenvalue weighted by atomic mass is 9.76. The number of nitrogens with zero attached hydrogens (tertiary/aromatic N) is 1. The van der Waals surface area contributed by atoms with Crippen LogP contribution in [-0.2, 0) is 9.53 Å². The molecular weight excluding hydrogens is 489 g/mol. The number of pyridine rings is 1. The van der Waals surface area contributed by atoms with Crippen LogP contribution in [-0.4, -0.2) is 40.8 Å². The van der Waals surface area contributed by atoms with Crippen LogP contribution in [0.1, 0.15) is 55.1 Å². The van der Waals surface area contributed by atoms with Crippen molar-refractivity contribution in [2.75, 3.05) is 5.32 Å². The Morgan fingerprint density at radius 1 is 1.22 bits per heavy atom. The van der Waals surface area contributed by atoms with Crippen LogP contribution in [0.4, 0.5) is 27.6 Å². The number of ether oxygens (including phenoxy) is 2. The first-order valence-corrected chi connectivity index (χ1v) is 11.3. The molecule has 3 N–H and O–H groups in total. The molecule has 0 spiro atoms. The van der Waals surface area contributed by atoms with Crippen molar-refractivity contribution in [3.63, 3.8) is 0 Å². The Kier molecular flexibility index (Phi) is 6.67. The second-order valence-corrected chi connectivity index (χ2v) is 9.19. The first-order chi connectivity index (χ1) is 16.8. The Balaban J connectivity index is 1.76. The number of carbonyl (C=O) groups is 2. The van der Waals surface area contributed by atoms with E-state index in [1.165, 1.54) is 19.2 Å². The van der Waals surface area contributed by atoms with Crippen LogP contribution in [0.25, 0.3) is 0 Å². The van der Waals surface area contributed by atoms with Gasteiger partial charge in [-0.15, -0.1) is 0 Å². The molecule has 2 aliphatic rings. The number of aromatic nitrogens is 1. The topological polar surface area (TPSA) is 104 Å². The van der Waals surface area contributed by atoms with E-state index in [0.29, 0.717) is 12.8 Å². The minimum atomic E-state index is -4.89. The maximum Gasteiger partial charge on any atom is 0.417 e. The van der Waals surface area contributed by atoms with Crippen molar-refractivity contribution < 1.29 is 41.0 Å². The lowest BCUT2D eigenvalue weighted by Crippen LogP contribution is -2.47. The number of nitrogens with two attached hydrogens (primary N) is 1. The van der Waals surface area contributed by atoms with E-state index < -0.39 is 65.0 Å². The number of anilines is 1. The first-order valence-electron chi connectivity index (χ1n) is 11.3. The van der Waals surface area contributed by atoms with Gasteiger partial charge in [-0.1, -0.05) is 13.0 Å². The summed E-state index contributed by atoms with van der Waals surface area (Å²) in [5.74, 6) is -7.69. The number of primary amides is 1. The van der Waals surface area contributed by atoms with Crippen molar-refractivity contribution in [3.8, 4) is 5.75 Å². The fourth-order valence-electron chi connectivity index (χ4n) is 4.46. The van der Waals surface area contributed by atoms with E-state index in [9.17, 15) is 31.5 Å². The third-order valence-corrected chi connectivity index (χ3v) is 6.98. The van der Waals surface area contributed by atoms with Gasteiger partial charge in [0.1, 0.15) is 11.8 Å². The van der Waals surface area contributed by atoms with Gasteiger partial charge in [-0.3, -0.25) is 14.6 Å². The van der Waals surface area contributed by atoms with Crippen LogP contribution in [0.5, 0.6) is 5.75 Å². The molecule has 7 nitrogen and oxygen atoms in total. The third kappa shape index (κ3) is 4.49. The Labute approximate surface area is 203 Å². The average Bonchev–Trinajstić information content (AvgIpc) is 3.05. The number of hydrogen-bond donors (Lipinski definition) is 2. The average molecular weight is 513 g/mol. The Hall–Kier alpha value is -3.28. The van der Waals surface area contributed by atoms with E-state index in [1.54, 1.807) is 0 Å². The molecule has 4 atom stereocenters. The summed E-state index contributed by atoms with van der Waals surface area (Å²) >= 11 is 0. The lowest BCUT2D eigenvalue weighted by molar-refractivity contribution is -0.272. The predicted octanol–water partition coefficient (Wildman–Crippen LogP) is 4.47. The summed E-state index contributed by atoms with van der Waals surface area (Å²) in [5, 5.41) is 2.41. The molecule has 2 aromatic rings. The van der Waals surface area contributed by atoms with Crippen molar-refractivity contribution in [2.45, 2.75) is 63.0 Å². The van der Waals surface area contributed by atoms with Crippen molar-refractivity contribution in [1.29, 1.82) is 0 Å². The molecule has 36 heavy (non-hydrogen) atoms. The number of amides is 2. The van der Waals surface area contributed by atoms with Crippen LogP contribution in [0.3, 0.4) is 0 Å². The highest BCUT2D eigenvalue weighted by Crippen LogP contribution is 2.55. The van der Waals surface area contributed by atoms with E-state index in [2.05, 4.69) is 10.3 Å². The Morgan fingerprint density at radius 3 is 2.50 bits per heavy atom. The highest BCUT2D eigenvalue weighted by Gasteiger charge is 2.66. The van der Waals surface area contributed by atoms with Gasteiger partial charge in [0.25, 0.3) is 11.8 Å². The smallest absolute Gasteiger partial charge is 0.417 e.